The molecule has 1 saturated heterocycles. The smallest absolute Gasteiger partial charge is 0.241 e. The van der Waals surface area contributed by atoms with Crippen molar-refractivity contribution in [2.75, 3.05) is 19.6 Å². The average Bonchev–Trinajstić information content (AvgIpc) is 3.05. The maximum Gasteiger partial charge on any atom is 0.241 e. The summed E-state index contributed by atoms with van der Waals surface area (Å²) in [6.45, 7) is 6.25. The summed E-state index contributed by atoms with van der Waals surface area (Å²) in [5, 5.41) is 7.54. The zero-order valence-electron chi connectivity index (χ0n) is 13.2. The fourth-order valence-corrected chi connectivity index (χ4v) is 3.05. The van der Waals surface area contributed by atoms with Crippen molar-refractivity contribution >= 4 is 0 Å². The van der Waals surface area contributed by atoms with E-state index in [1.54, 1.807) is 0 Å². The van der Waals surface area contributed by atoms with Crippen molar-refractivity contribution in [2.24, 2.45) is 0 Å². The summed E-state index contributed by atoms with van der Waals surface area (Å²) in [5.74, 6) is 1.39. The summed E-state index contributed by atoms with van der Waals surface area (Å²) in [6, 6.07) is 10.6. The van der Waals surface area contributed by atoms with Gasteiger partial charge >= 0.3 is 0 Å². The van der Waals surface area contributed by atoms with Crippen molar-refractivity contribution in [2.45, 2.75) is 38.8 Å². The maximum atomic E-state index is 5.47. The fourth-order valence-electron chi connectivity index (χ4n) is 3.05. The van der Waals surface area contributed by atoms with E-state index in [0.29, 0.717) is 17.8 Å². The Balaban J connectivity index is 1.69. The Kier molecular flexibility index (Phi) is 5.19. The molecule has 0 amide bonds. The molecule has 0 saturated carbocycles. The van der Waals surface area contributed by atoms with Crippen LogP contribution in [0, 0.1) is 0 Å². The Hall–Kier alpha value is -1.72. The molecule has 1 aromatic heterocycles. The third kappa shape index (κ3) is 3.72. The molecule has 0 radical (unpaired) electrons. The molecule has 0 unspecified atom stereocenters. The van der Waals surface area contributed by atoms with Gasteiger partial charge in [-0.3, -0.25) is 4.90 Å². The van der Waals surface area contributed by atoms with Crippen LogP contribution in [0.5, 0.6) is 0 Å². The minimum atomic E-state index is 0.619. The van der Waals surface area contributed by atoms with Gasteiger partial charge in [0.15, 0.2) is 0 Å². The Labute approximate surface area is 131 Å². The van der Waals surface area contributed by atoms with Crippen LogP contribution in [0.15, 0.2) is 34.9 Å². The highest BCUT2D eigenvalue weighted by atomic mass is 16.5. The van der Waals surface area contributed by atoms with Crippen molar-refractivity contribution in [3.05, 3.63) is 36.2 Å². The molecule has 1 aromatic carbocycles. The van der Waals surface area contributed by atoms with Gasteiger partial charge in [-0.15, -0.1) is 0 Å². The first kappa shape index (κ1) is 15.2. The minimum Gasteiger partial charge on any atom is -0.338 e. The summed E-state index contributed by atoms with van der Waals surface area (Å²) >= 11 is 0. The van der Waals surface area contributed by atoms with Crippen molar-refractivity contribution in [3.63, 3.8) is 0 Å². The van der Waals surface area contributed by atoms with E-state index >= 15 is 0 Å². The zero-order valence-corrected chi connectivity index (χ0v) is 13.2. The first-order chi connectivity index (χ1) is 10.9. The summed E-state index contributed by atoms with van der Waals surface area (Å²) in [5.41, 5.74) is 1.00. The molecule has 1 fully saturated rings. The summed E-state index contributed by atoms with van der Waals surface area (Å²) in [7, 11) is 0. The molecule has 22 heavy (non-hydrogen) atoms. The molecule has 0 spiro atoms. The van der Waals surface area contributed by atoms with Gasteiger partial charge in [0.25, 0.3) is 0 Å². The number of piperidine rings is 1. The van der Waals surface area contributed by atoms with E-state index in [1.807, 2.05) is 30.3 Å². The van der Waals surface area contributed by atoms with Crippen LogP contribution in [-0.2, 0) is 6.54 Å². The second-order valence-corrected chi connectivity index (χ2v) is 5.83. The molecule has 5 heteroatoms. The van der Waals surface area contributed by atoms with E-state index in [2.05, 4.69) is 27.3 Å². The third-order valence-corrected chi connectivity index (χ3v) is 4.17. The van der Waals surface area contributed by atoms with E-state index in [1.165, 1.54) is 12.8 Å². The van der Waals surface area contributed by atoms with Crippen LogP contribution in [0.3, 0.4) is 0 Å². The van der Waals surface area contributed by atoms with E-state index < -0.39 is 0 Å². The highest BCUT2D eigenvalue weighted by Crippen LogP contribution is 2.18. The number of hydrogen-bond acceptors (Lipinski definition) is 5. The Morgan fingerprint density at radius 1 is 1.23 bits per heavy atom. The molecule has 1 aliphatic heterocycles. The predicted molar refractivity (Wildman–Crippen MR) is 86.3 cm³/mol. The van der Waals surface area contributed by atoms with Gasteiger partial charge in [0.1, 0.15) is 0 Å². The van der Waals surface area contributed by atoms with Crippen LogP contribution < -0.4 is 5.32 Å². The van der Waals surface area contributed by atoms with Crippen LogP contribution >= 0.6 is 0 Å². The Morgan fingerprint density at radius 2 is 2.00 bits per heavy atom. The topological polar surface area (TPSA) is 54.2 Å². The molecule has 5 nitrogen and oxygen atoms in total. The molecule has 118 valence electrons. The van der Waals surface area contributed by atoms with Crippen LogP contribution in [0.25, 0.3) is 11.4 Å². The lowest BCUT2D eigenvalue weighted by atomic mass is 10.0. The van der Waals surface area contributed by atoms with Gasteiger partial charge in [-0.25, -0.2) is 0 Å². The molecule has 2 aromatic rings. The molecular weight excluding hydrogens is 276 g/mol. The van der Waals surface area contributed by atoms with Crippen LogP contribution in [0.4, 0.5) is 0 Å². The number of nitrogens with zero attached hydrogens (tertiary/aromatic N) is 3. The molecule has 3 rings (SSSR count). The number of benzene rings is 1. The van der Waals surface area contributed by atoms with Crippen molar-refractivity contribution in [1.29, 1.82) is 0 Å². The molecule has 0 bridgehead atoms. The fraction of sp³-hybridized carbons (Fsp3) is 0.529. The van der Waals surface area contributed by atoms with E-state index in [-0.39, 0.29) is 0 Å². The quantitative estimate of drug-likeness (QED) is 0.889. The second-order valence-electron chi connectivity index (χ2n) is 5.83. The third-order valence-electron chi connectivity index (χ3n) is 4.17. The van der Waals surface area contributed by atoms with Gasteiger partial charge in [-0.1, -0.05) is 42.4 Å². The molecule has 1 aliphatic rings. The van der Waals surface area contributed by atoms with Crippen molar-refractivity contribution in [1.82, 2.24) is 20.4 Å². The summed E-state index contributed by atoms with van der Waals surface area (Å²) < 4.78 is 5.47. The van der Waals surface area contributed by atoms with E-state index in [4.69, 9.17) is 4.52 Å². The van der Waals surface area contributed by atoms with Crippen molar-refractivity contribution < 1.29 is 4.52 Å². The lowest BCUT2D eigenvalue weighted by Gasteiger charge is -2.33. The van der Waals surface area contributed by atoms with Gasteiger partial charge < -0.3 is 9.84 Å². The Morgan fingerprint density at radius 3 is 2.73 bits per heavy atom. The van der Waals surface area contributed by atoms with Crippen LogP contribution in [0.1, 0.15) is 32.1 Å². The number of rotatable bonds is 6. The number of nitrogens with one attached hydrogen (secondary N) is 1. The van der Waals surface area contributed by atoms with Crippen molar-refractivity contribution in [3.8, 4) is 11.4 Å². The SMILES string of the molecule is CCCN(Cc1nc(-c2ccccc2)no1)C1CCNCC1. The molecule has 0 aliphatic carbocycles. The highest BCUT2D eigenvalue weighted by molar-refractivity contribution is 5.53. The minimum absolute atomic E-state index is 0.619. The Bertz CT molecular complexity index is 563. The van der Waals surface area contributed by atoms with Gasteiger partial charge in [0.2, 0.25) is 11.7 Å². The van der Waals surface area contributed by atoms with Crippen LogP contribution in [0.2, 0.25) is 0 Å². The van der Waals surface area contributed by atoms with E-state index in [9.17, 15) is 0 Å². The van der Waals surface area contributed by atoms with Gasteiger partial charge in [-0.2, -0.15) is 4.98 Å². The van der Waals surface area contributed by atoms with E-state index in [0.717, 1.165) is 38.2 Å². The standard InChI is InChI=1S/C17H24N4O/c1-2-12-21(15-8-10-18-11-9-15)13-16-19-17(20-22-16)14-6-4-3-5-7-14/h3-7,15,18H,2,8-13H2,1H3. The summed E-state index contributed by atoms with van der Waals surface area (Å²) in [4.78, 5) is 7.05. The first-order valence-electron chi connectivity index (χ1n) is 8.19. The normalized spacial score (nSPS) is 16.3. The largest absolute Gasteiger partial charge is 0.338 e. The second kappa shape index (κ2) is 7.51. The maximum absolute atomic E-state index is 5.47. The highest BCUT2D eigenvalue weighted by Gasteiger charge is 2.22. The number of aromatic nitrogens is 2. The van der Waals surface area contributed by atoms with Gasteiger partial charge in [0.05, 0.1) is 6.54 Å². The lowest BCUT2D eigenvalue weighted by molar-refractivity contribution is 0.137. The molecular formula is C17H24N4O. The van der Waals surface area contributed by atoms with Gasteiger partial charge in [0, 0.05) is 11.6 Å². The molecule has 2 heterocycles. The summed E-state index contributed by atoms with van der Waals surface area (Å²) in [6.07, 6.45) is 3.53. The molecule has 1 N–H and O–H groups in total. The lowest BCUT2D eigenvalue weighted by Crippen LogP contribution is -2.43. The van der Waals surface area contributed by atoms with Crippen LogP contribution in [-0.4, -0.2) is 40.7 Å². The zero-order chi connectivity index (χ0) is 15.2. The average molecular weight is 300 g/mol. The first-order valence-corrected chi connectivity index (χ1v) is 8.19. The monoisotopic (exact) mass is 300 g/mol. The van der Waals surface area contributed by atoms with Gasteiger partial charge in [-0.05, 0) is 38.9 Å². The predicted octanol–water partition coefficient (Wildman–Crippen LogP) is 2.70. The number of hydrogen-bond donors (Lipinski definition) is 1. The molecule has 0 atom stereocenters.